The van der Waals surface area contributed by atoms with E-state index in [-0.39, 0.29) is 6.54 Å². The van der Waals surface area contributed by atoms with Gasteiger partial charge in [0.05, 0.1) is 19.0 Å². The van der Waals surface area contributed by atoms with Gasteiger partial charge in [0, 0.05) is 12.7 Å². The molecule has 0 saturated heterocycles. The van der Waals surface area contributed by atoms with Crippen LogP contribution in [0.5, 0.6) is 0 Å². The van der Waals surface area contributed by atoms with E-state index in [9.17, 15) is 13.2 Å². The smallest absolute Gasteiger partial charge is 0.339 e. The Bertz CT molecular complexity index is 815. The van der Waals surface area contributed by atoms with Gasteiger partial charge in [-0.05, 0) is 24.3 Å². The zero-order valence-electron chi connectivity index (χ0n) is 13.3. The molecule has 9 heteroatoms. The Morgan fingerprint density at radius 1 is 1.25 bits per heavy atom. The van der Waals surface area contributed by atoms with E-state index in [1.54, 1.807) is 36.4 Å². The van der Waals surface area contributed by atoms with Crippen LogP contribution in [0, 0.1) is 0 Å². The van der Waals surface area contributed by atoms with E-state index >= 15 is 0 Å². The van der Waals surface area contributed by atoms with Crippen molar-refractivity contribution in [2.45, 2.75) is 6.54 Å². The van der Waals surface area contributed by atoms with Crippen molar-refractivity contribution in [2.75, 3.05) is 18.6 Å². The number of sulfonamides is 1. The summed E-state index contributed by atoms with van der Waals surface area (Å²) in [5.74, 6) is 0.866. The first-order valence-electron chi connectivity index (χ1n) is 7.00. The molecule has 1 heterocycles. The molecule has 0 saturated carbocycles. The zero-order chi connectivity index (χ0) is 17.6. The van der Waals surface area contributed by atoms with Gasteiger partial charge in [-0.2, -0.15) is 9.41 Å². The lowest BCUT2D eigenvalue weighted by Gasteiger charge is -2.11. The zero-order valence-corrected chi connectivity index (χ0v) is 14.1. The Hall–Kier alpha value is -2.65. The molecule has 2 rings (SSSR count). The highest BCUT2D eigenvalue weighted by Crippen LogP contribution is 2.10. The van der Waals surface area contributed by atoms with Crippen molar-refractivity contribution in [3.05, 3.63) is 54.0 Å². The van der Waals surface area contributed by atoms with E-state index in [0.29, 0.717) is 17.2 Å². The van der Waals surface area contributed by atoms with Gasteiger partial charge in [0.25, 0.3) is 0 Å². The van der Waals surface area contributed by atoms with Gasteiger partial charge in [-0.25, -0.2) is 18.6 Å². The number of anilines is 1. The number of carbonyl (C=O) groups excluding carboxylic acids is 1. The molecule has 8 nitrogen and oxygen atoms in total. The molecular weight excluding hydrogens is 332 g/mol. The van der Waals surface area contributed by atoms with Gasteiger partial charge in [0.1, 0.15) is 11.5 Å². The fourth-order valence-electron chi connectivity index (χ4n) is 1.72. The van der Waals surface area contributed by atoms with Gasteiger partial charge >= 0.3 is 6.03 Å². The Kier molecular flexibility index (Phi) is 5.72. The van der Waals surface area contributed by atoms with Crippen LogP contribution in [0.3, 0.4) is 0 Å². The minimum atomic E-state index is -3.28. The van der Waals surface area contributed by atoms with Crippen molar-refractivity contribution < 1.29 is 17.6 Å². The maximum absolute atomic E-state index is 11.6. The van der Waals surface area contributed by atoms with Gasteiger partial charge in [-0.3, -0.25) is 0 Å². The highest BCUT2D eigenvalue weighted by atomic mass is 32.2. The number of para-hydroxylation sites is 1. The van der Waals surface area contributed by atoms with E-state index in [2.05, 4.69) is 15.8 Å². The Balaban J connectivity index is 1.85. The number of hydrazone groups is 1. The second-order valence-electron chi connectivity index (χ2n) is 5.01. The van der Waals surface area contributed by atoms with Crippen LogP contribution >= 0.6 is 0 Å². The largest absolute Gasteiger partial charge is 0.459 e. The van der Waals surface area contributed by atoms with Crippen molar-refractivity contribution in [1.29, 1.82) is 0 Å². The number of nitrogens with one attached hydrogen (secondary N) is 2. The summed E-state index contributed by atoms with van der Waals surface area (Å²) < 4.78 is 29.3. The van der Waals surface area contributed by atoms with Crippen molar-refractivity contribution in [2.24, 2.45) is 5.10 Å². The number of amides is 2. The highest BCUT2D eigenvalue weighted by Gasteiger charge is 2.13. The molecule has 0 aliphatic rings. The third-order valence-corrected chi connectivity index (χ3v) is 4.28. The summed E-state index contributed by atoms with van der Waals surface area (Å²) >= 11 is 0. The second kappa shape index (κ2) is 7.75. The molecular formula is C15H18N4O4S. The van der Waals surface area contributed by atoms with Gasteiger partial charge < -0.3 is 9.73 Å². The predicted octanol–water partition coefficient (Wildman–Crippen LogP) is 1.83. The monoisotopic (exact) mass is 350 g/mol. The Morgan fingerprint density at radius 2 is 1.96 bits per heavy atom. The van der Waals surface area contributed by atoms with Crippen molar-refractivity contribution in [1.82, 2.24) is 9.73 Å². The van der Waals surface area contributed by atoms with Crippen LogP contribution < -0.4 is 10.7 Å². The average molecular weight is 350 g/mol. The fraction of sp³-hybridized carbons (Fsp3) is 0.200. The van der Waals surface area contributed by atoms with Crippen LogP contribution in [0.4, 0.5) is 10.5 Å². The number of carbonyl (C=O) groups is 1. The first-order valence-corrected chi connectivity index (χ1v) is 8.84. The average Bonchev–Trinajstić information content (AvgIpc) is 2.94. The van der Waals surface area contributed by atoms with Crippen molar-refractivity contribution in [3.8, 4) is 0 Å². The minimum absolute atomic E-state index is 0.120. The van der Waals surface area contributed by atoms with Crippen LogP contribution in [0.25, 0.3) is 0 Å². The van der Waals surface area contributed by atoms with Crippen LogP contribution in [0.2, 0.25) is 0 Å². The summed E-state index contributed by atoms with van der Waals surface area (Å²) in [6.07, 6.45) is 2.45. The molecule has 0 fully saturated rings. The number of hydrogen-bond acceptors (Lipinski definition) is 5. The maximum Gasteiger partial charge on any atom is 0.339 e. The molecule has 0 aliphatic heterocycles. The summed E-state index contributed by atoms with van der Waals surface area (Å²) in [5, 5.41) is 6.37. The number of hydrogen-bond donors (Lipinski definition) is 2. The van der Waals surface area contributed by atoms with Crippen LogP contribution in [0.1, 0.15) is 11.5 Å². The number of furan rings is 1. The predicted molar refractivity (Wildman–Crippen MR) is 91.2 cm³/mol. The van der Waals surface area contributed by atoms with Gasteiger partial charge in [0.2, 0.25) is 10.0 Å². The molecule has 0 bridgehead atoms. The molecule has 2 amide bonds. The lowest BCUT2D eigenvalue weighted by Crippen LogP contribution is -2.24. The van der Waals surface area contributed by atoms with Crippen molar-refractivity contribution >= 4 is 28.0 Å². The van der Waals surface area contributed by atoms with E-state index in [1.165, 1.54) is 13.3 Å². The number of rotatable bonds is 6. The van der Waals surface area contributed by atoms with E-state index in [0.717, 1.165) is 10.6 Å². The molecule has 0 atom stereocenters. The van der Waals surface area contributed by atoms with Gasteiger partial charge in [-0.1, -0.05) is 18.2 Å². The third-order valence-electron chi connectivity index (χ3n) is 3.02. The summed E-state index contributed by atoms with van der Waals surface area (Å²) in [4.78, 5) is 11.6. The molecule has 0 spiro atoms. The second-order valence-corrected chi connectivity index (χ2v) is 7.10. The molecule has 1 aromatic heterocycles. The van der Waals surface area contributed by atoms with E-state index in [1.807, 2.05) is 6.07 Å². The van der Waals surface area contributed by atoms with E-state index < -0.39 is 16.1 Å². The maximum atomic E-state index is 11.6. The van der Waals surface area contributed by atoms with E-state index in [4.69, 9.17) is 4.42 Å². The molecule has 2 N–H and O–H groups in total. The normalized spacial score (nSPS) is 11.8. The van der Waals surface area contributed by atoms with Crippen molar-refractivity contribution in [3.63, 3.8) is 0 Å². The summed E-state index contributed by atoms with van der Waals surface area (Å²) in [6, 6.07) is 11.7. The lowest BCUT2D eigenvalue weighted by atomic mass is 10.3. The highest BCUT2D eigenvalue weighted by molar-refractivity contribution is 7.88. The van der Waals surface area contributed by atoms with Gasteiger partial charge in [0.15, 0.2) is 0 Å². The molecule has 2 aromatic rings. The van der Waals surface area contributed by atoms with Gasteiger partial charge in [-0.15, -0.1) is 0 Å². The SMILES string of the molecule is CN(Cc1ccc(/C=N\NC(=O)Nc2ccccc2)o1)S(C)(=O)=O. The molecule has 0 aliphatic carbocycles. The minimum Gasteiger partial charge on any atom is -0.459 e. The third kappa shape index (κ3) is 5.52. The Labute approximate surface area is 140 Å². The quantitative estimate of drug-likeness (QED) is 0.612. The molecule has 1 aromatic carbocycles. The molecule has 0 unspecified atom stereocenters. The summed E-state index contributed by atoms with van der Waals surface area (Å²) in [5.41, 5.74) is 2.95. The lowest BCUT2D eigenvalue weighted by molar-refractivity contribution is 0.252. The first-order chi connectivity index (χ1) is 11.3. The molecule has 24 heavy (non-hydrogen) atoms. The van der Waals surface area contributed by atoms with Crippen LogP contribution in [-0.2, 0) is 16.6 Å². The summed E-state index contributed by atoms with van der Waals surface area (Å²) in [6.45, 7) is 0.120. The fourth-order valence-corrected chi connectivity index (χ4v) is 2.08. The Morgan fingerprint density at radius 3 is 2.62 bits per heavy atom. The topological polar surface area (TPSA) is 104 Å². The molecule has 0 radical (unpaired) electrons. The van der Waals surface area contributed by atoms with Crippen LogP contribution in [-0.4, -0.2) is 38.3 Å². The van der Waals surface area contributed by atoms with Crippen LogP contribution in [0.15, 0.2) is 52.0 Å². The number of benzene rings is 1. The molecule has 128 valence electrons. The first kappa shape index (κ1) is 17.7. The number of urea groups is 1. The standard InChI is InChI=1S/C15H18N4O4S/c1-19(24(2,21)22)11-14-9-8-13(23-14)10-16-18-15(20)17-12-6-4-3-5-7-12/h3-10H,11H2,1-2H3,(H2,17,18,20)/b16-10-. The number of nitrogens with zero attached hydrogens (tertiary/aromatic N) is 2. The summed E-state index contributed by atoms with van der Waals surface area (Å²) in [7, 11) is -1.82.